The Morgan fingerprint density at radius 3 is 2.57 bits per heavy atom. The molecule has 3 rings (SSSR count). The van der Waals surface area contributed by atoms with Gasteiger partial charge in [0.15, 0.2) is 5.96 Å². The van der Waals surface area contributed by atoms with Crippen molar-refractivity contribution in [1.82, 2.24) is 4.90 Å². The number of anilines is 1. The third-order valence-electron chi connectivity index (χ3n) is 4.24. The van der Waals surface area contributed by atoms with Gasteiger partial charge in [-0.15, -0.1) is 24.0 Å². The van der Waals surface area contributed by atoms with E-state index in [9.17, 15) is 4.79 Å². The number of nitrogens with one attached hydrogen (secondary N) is 1. The second kappa shape index (κ2) is 7.51. The van der Waals surface area contributed by atoms with Gasteiger partial charge in [-0.1, -0.05) is 6.07 Å². The van der Waals surface area contributed by atoms with Crippen LogP contribution in [0.3, 0.4) is 0 Å². The lowest BCUT2D eigenvalue weighted by Gasteiger charge is -2.14. The molecule has 1 saturated carbocycles. The van der Waals surface area contributed by atoms with Crippen molar-refractivity contribution in [3.63, 3.8) is 0 Å². The Balaban J connectivity index is 0.00000192. The Bertz CT molecular complexity index is 592. The third kappa shape index (κ3) is 4.83. The second-order valence-corrected chi connectivity index (χ2v) is 6.57. The number of benzene rings is 1. The third-order valence-corrected chi connectivity index (χ3v) is 4.24. The fraction of sp³-hybridized carbons (Fsp3) is 0.529. The van der Waals surface area contributed by atoms with Crippen molar-refractivity contribution in [2.45, 2.75) is 39.2 Å². The number of guanidine groups is 1. The quantitative estimate of drug-likeness (QED) is 0.440. The predicted molar refractivity (Wildman–Crippen MR) is 104 cm³/mol. The minimum absolute atomic E-state index is 0. The van der Waals surface area contributed by atoms with Gasteiger partial charge in [-0.05, 0) is 49.9 Å². The first kappa shape index (κ1) is 18.0. The van der Waals surface area contributed by atoms with Gasteiger partial charge in [0.25, 0.3) is 0 Å². The summed E-state index contributed by atoms with van der Waals surface area (Å²) in [6.45, 7) is 5.56. The summed E-state index contributed by atoms with van der Waals surface area (Å²) in [4.78, 5) is 18.3. The first-order valence-electron chi connectivity index (χ1n) is 7.96. The van der Waals surface area contributed by atoms with Crippen molar-refractivity contribution in [3.8, 4) is 0 Å². The number of carbonyl (C=O) groups is 1. The lowest BCUT2D eigenvalue weighted by Crippen LogP contribution is -2.28. The molecule has 5 nitrogen and oxygen atoms in total. The van der Waals surface area contributed by atoms with Crippen LogP contribution in [-0.2, 0) is 4.79 Å². The smallest absolute Gasteiger partial charge is 0.223 e. The molecule has 1 aliphatic heterocycles. The summed E-state index contributed by atoms with van der Waals surface area (Å²) in [7, 11) is 0. The van der Waals surface area contributed by atoms with Crippen LogP contribution in [0.2, 0.25) is 0 Å². The maximum atomic E-state index is 11.9. The number of rotatable bonds is 4. The highest BCUT2D eigenvalue weighted by Crippen LogP contribution is 2.32. The monoisotopic (exact) mass is 428 g/mol. The topological polar surface area (TPSA) is 70.7 Å². The first-order chi connectivity index (χ1) is 10.5. The summed E-state index contributed by atoms with van der Waals surface area (Å²) in [5.74, 6) is 0.999. The highest BCUT2D eigenvalue weighted by molar-refractivity contribution is 14.0. The molecule has 1 atom stereocenters. The maximum Gasteiger partial charge on any atom is 0.223 e. The van der Waals surface area contributed by atoms with E-state index in [0.717, 1.165) is 25.1 Å². The van der Waals surface area contributed by atoms with Gasteiger partial charge in [-0.25, -0.2) is 0 Å². The molecule has 0 spiro atoms. The van der Waals surface area contributed by atoms with Crippen LogP contribution in [0.15, 0.2) is 23.2 Å². The van der Waals surface area contributed by atoms with E-state index < -0.39 is 0 Å². The molecule has 1 unspecified atom stereocenters. The number of amides is 1. The van der Waals surface area contributed by atoms with Crippen molar-refractivity contribution >= 4 is 41.5 Å². The van der Waals surface area contributed by atoms with E-state index in [1.54, 1.807) is 0 Å². The molecular weight excluding hydrogens is 403 g/mol. The van der Waals surface area contributed by atoms with Crippen molar-refractivity contribution in [2.24, 2.45) is 16.6 Å². The molecule has 1 heterocycles. The van der Waals surface area contributed by atoms with Gasteiger partial charge in [-0.2, -0.15) is 0 Å². The van der Waals surface area contributed by atoms with Crippen LogP contribution in [0.4, 0.5) is 5.69 Å². The van der Waals surface area contributed by atoms with Crippen LogP contribution in [-0.4, -0.2) is 35.9 Å². The van der Waals surface area contributed by atoms with Crippen LogP contribution < -0.4 is 11.1 Å². The van der Waals surface area contributed by atoms with E-state index in [-0.39, 0.29) is 29.9 Å². The van der Waals surface area contributed by atoms with Crippen LogP contribution >= 0.6 is 24.0 Å². The largest absolute Gasteiger partial charge is 0.370 e. The molecule has 2 aliphatic rings. The molecule has 1 aromatic rings. The summed E-state index contributed by atoms with van der Waals surface area (Å²) in [5, 5.41) is 3.13. The SMILES string of the molecule is Cc1cc(C)cc(NC(N)=NCC2CC(=O)N(C3CC3)C2)c1.I. The normalized spacial score (nSPS) is 21.3. The zero-order valence-electron chi connectivity index (χ0n) is 13.7. The van der Waals surface area contributed by atoms with Crippen LogP contribution in [0, 0.1) is 19.8 Å². The Morgan fingerprint density at radius 1 is 1.30 bits per heavy atom. The summed E-state index contributed by atoms with van der Waals surface area (Å²) in [6.07, 6.45) is 2.94. The van der Waals surface area contributed by atoms with Gasteiger partial charge < -0.3 is 16.0 Å². The molecule has 23 heavy (non-hydrogen) atoms. The molecule has 2 fully saturated rings. The van der Waals surface area contributed by atoms with E-state index in [2.05, 4.69) is 30.2 Å². The lowest BCUT2D eigenvalue weighted by atomic mass is 10.1. The lowest BCUT2D eigenvalue weighted by molar-refractivity contribution is -0.128. The minimum Gasteiger partial charge on any atom is -0.370 e. The van der Waals surface area contributed by atoms with Gasteiger partial charge in [0.05, 0.1) is 0 Å². The number of likely N-dealkylation sites (tertiary alicyclic amines) is 1. The van der Waals surface area contributed by atoms with E-state index in [1.807, 2.05) is 17.0 Å². The van der Waals surface area contributed by atoms with Crippen LogP contribution in [0.5, 0.6) is 0 Å². The van der Waals surface area contributed by atoms with Gasteiger partial charge in [0, 0.05) is 37.2 Å². The van der Waals surface area contributed by atoms with E-state index in [1.165, 1.54) is 11.1 Å². The van der Waals surface area contributed by atoms with E-state index in [4.69, 9.17) is 5.73 Å². The van der Waals surface area contributed by atoms with Gasteiger partial charge in [-0.3, -0.25) is 9.79 Å². The molecule has 0 bridgehead atoms. The predicted octanol–water partition coefficient (Wildman–Crippen LogP) is 2.66. The molecule has 126 valence electrons. The summed E-state index contributed by atoms with van der Waals surface area (Å²) in [6, 6.07) is 6.72. The average Bonchev–Trinajstić information content (AvgIpc) is 3.19. The minimum atomic E-state index is 0. The number of hydrogen-bond donors (Lipinski definition) is 2. The molecule has 3 N–H and O–H groups in total. The number of hydrogen-bond acceptors (Lipinski definition) is 2. The summed E-state index contributed by atoms with van der Waals surface area (Å²) < 4.78 is 0. The number of aryl methyl sites for hydroxylation is 2. The fourth-order valence-corrected chi connectivity index (χ4v) is 3.13. The van der Waals surface area contributed by atoms with Gasteiger partial charge >= 0.3 is 0 Å². The van der Waals surface area contributed by atoms with E-state index in [0.29, 0.717) is 30.9 Å². The van der Waals surface area contributed by atoms with Crippen LogP contribution in [0.1, 0.15) is 30.4 Å². The number of aliphatic imine (C=N–C) groups is 1. The molecule has 0 radical (unpaired) electrons. The summed E-state index contributed by atoms with van der Waals surface area (Å²) >= 11 is 0. The molecule has 1 aliphatic carbocycles. The first-order valence-corrected chi connectivity index (χ1v) is 7.96. The molecule has 1 aromatic carbocycles. The zero-order valence-corrected chi connectivity index (χ0v) is 16.0. The molecule has 0 aromatic heterocycles. The number of nitrogens with two attached hydrogens (primary N) is 1. The fourth-order valence-electron chi connectivity index (χ4n) is 3.13. The standard InChI is InChI=1S/C17H24N4O.HI/c1-11-5-12(2)7-14(6-11)20-17(18)19-9-13-8-16(22)21(10-13)15-3-4-15;/h5-7,13,15H,3-4,8-10H2,1-2H3,(H3,18,19,20);1H. The Kier molecular flexibility index (Phi) is 5.89. The Hall–Kier alpha value is -1.31. The number of carbonyl (C=O) groups excluding carboxylic acids is 1. The maximum absolute atomic E-state index is 11.9. The second-order valence-electron chi connectivity index (χ2n) is 6.57. The van der Waals surface area contributed by atoms with E-state index >= 15 is 0 Å². The molecule has 6 heteroatoms. The van der Waals surface area contributed by atoms with Gasteiger partial charge in [0.1, 0.15) is 0 Å². The average molecular weight is 428 g/mol. The van der Waals surface area contributed by atoms with Gasteiger partial charge in [0.2, 0.25) is 5.91 Å². The highest BCUT2D eigenvalue weighted by Gasteiger charge is 2.39. The zero-order chi connectivity index (χ0) is 15.7. The van der Waals surface area contributed by atoms with Crippen molar-refractivity contribution in [1.29, 1.82) is 0 Å². The molecule has 1 saturated heterocycles. The van der Waals surface area contributed by atoms with Crippen molar-refractivity contribution in [2.75, 3.05) is 18.4 Å². The van der Waals surface area contributed by atoms with Crippen LogP contribution in [0.25, 0.3) is 0 Å². The Labute approximate surface area is 154 Å². The highest BCUT2D eigenvalue weighted by atomic mass is 127. The van der Waals surface area contributed by atoms with Crippen molar-refractivity contribution < 1.29 is 4.79 Å². The van der Waals surface area contributed by atoms with Crippen molar-refractivity contribution in [3.05, 3.63) is 29.3 Å². The summed E-state index contributed by atoms with van der Waals surface area (Å²) in [5.41, 5.74) is 9.31. The molecule has 1 amide bonds. The Morgan fingerprint density at radius 2 is 1.96 bits per heavy atom. The number of halogens is 1. The molecular formula is C17H25IN4O. The number of nitrogens with zero attached hydrogens (tertiary/aromatic N) is 2.